The van der Waals surface area contributed by atoms with E-state index in [0.717, 1.165) is 28.8 Å². The van der Waals surface area contributed by atoms with Gasteiger partial charge in [0.25, 0.3) is 5.89 Å². The van der Waals surface area contributed by atoms with Gasteiger partial charge in [0.15, 0.2) is 5.16 Å². The zero-order valence-electron chi connectivity index (χ0n) is 17.0. The Labute approximate surface area is 183 Å². The van der Waals surface area contributed by atoms with Crippen LogP contribution in [0.1, 0.15) is 53.4 Å². The standard InChI is InChI=1S/C22H23N5OS2/c1-3-17-14(2)11-18(30-17)21-25-23-19(28-21)13-29-22-26-24-20(16-9-10-16)27(22)12-15-7-5-4-6-8-15/h4-8,11,16H,3,9-10,12-13H2,1-2H3. The van der Waals surface area contributed by atoms with Crippen LogP contribution < -0.4 is 0 Å². The molecule has 1 aromatic carbocycles. The number of aryl methyl sites for hydroxylation is 2. The van der Waals surface area contributed by atoms with E-state index in [0.29, 0.717) is 23.5 Å². The van der Waals surface area contributed by atoms with Crippen molar-refractivity contribution in [3.05, 3.63) is 64.1 Å². The minimum atomic E-state index is 0.542. The molecule has 8 heteroatoms. The minimum Gasteiger partial charge on any atom is -0.419 e. The molecular formula is C22H23N5OS2. The topological polar surface area (TPSA) is 69.6 Å². The molecule has 30 heavy (non-hydrogen) atoms. The fraction of sp³-hybridized carbons (Fsp3) is 0.364. The number of rotatable bonds is 8. The Morgan fingerprint density at radius 3 is 2.70 bits per heavy atom. The van der Waals surface area contributed by atoms with Crippen LogP contribution in [-0.2, 0) is 18.7 Å². The smallest absolute Gasteiger partial charge is 0.257 e. The highest BCUT2D eigenvalue weighted by molar-refractivity contribution is 7.98. The molecule has 1 fully saturated rings. The van der Waals surface area contributed by atoms with E-state index >= 15 is 0 Å². The lowest BCUT2D eigenvalue weighted by molar-refractivity contribution is 0.529. The number of hydrogen-bond acceptors (Lipinski definition) is 7. The van der Waals surface area contributed by atoms with Gasteiger partial charge in [-0.2, -0.15) is 0 Å². The van der Waals surface area contributed by atoms with Gasteiger partial charge in [0.2, 0.25) is 5.89 Å². The molecular weight excluding hydrogens is 414 g/mol. The molecule has 0 N–H and O–H groups in total. The zero-order chi connectivity index (χ0) is 20.5. The van der Waals surface area contributed by atoms with Gasteiger partial charge in [0.1, 0.15) is 5.82 Å². The minimum absolute atomic E-state index is 0.542. The number of nitrogens with zero attached hydrogens (tertiary/aromatic N) is 5. The second-order valence-corrected chi connectivity index (χ2v) is 9.63. The average Bonchev–Trinajstić information content (AvgIpc) is 3.18. The fourth-order valence-electron chi connectivity index (χ4n) is 3.48. The summed E-state index contributed by atoms with van der Waals surface area (Å²) in [5.41, 5.74) is 2.54. The molecule has 0 unspecified atom stereocenters. The van der Waals surface area contributed by atoms with Gasteiger partial charge in [-0.15, -0.1) is 31.7 Å². The lowest BCUT2D eigenvalue weighted by Crippen LogP contribution is -2.06. The average molecular weight is 438 g/mol. The van der Waals surface area contributed by atoms with Gasteiger partial charge in [-0.3, -0.25) is 0 Å². The van der Waals surface area contributed by atoms with Gasteiger partial charge in [-0.1, -0.05) is 49.0 Å². The number of benzene rings is 1. The van der Waals surface area contributed by atoms with E-state index in [2.05, 4.69) is 69.1 Å². The van der Waals surface area contributed by atoms with E-state index in [9.17, 15) is 0 Å². The van der Waals surface area contributed by atoms with E-state index in [-0.39, 0.29) is 0 Å². The van der Waals surface area contributed by atoms with Crippen molar-refractivity contribution in [2.24, 2.45) is 0 Å². The van der Waals surface area contributed by atoms with E-state index < -0.39 is 0 Å². The monoisotopic (exact) mass is 437 g/mol. The van der Waals surface area contributed by atoms with E-state index in [4.69, 9.17) is 4.42 Å². The maximum Gasteiger partial charge on any atom is 0.257 e. The zero-order valence-corrected chi connectivity index (χ0v) is 18.7. The van der Waals surface area contributed by atoms with Crippen molar-refractivity contribution < 1.29 is 4.42 Å². The Bertz CT molecular complexity index is 1140. The SMILES string of the molecule is CCc1sc(-c2nnc(CSc3nnc(C4CC4)n3Cc3ccccc3)o2)cc1C. The molecule has 0 aliphatic heterocycles. The van der Waals surface area contributed by atoms with Crippen LogP contribution >= 0.6 is 23.1 Å². The third-order valence-corrected chi connectivity index (χ3v) is 7.54. The molecule has 3 heterocycles. The Morgan fingerprint density at radius 2 is 1.97 bits per heavy atom. The molecule has 0 bridgehead atoms. The Hall–Kier alpha value is -2.45. The van der Waals surface area contributed by atoms with Crippen LogP contribution in [0.2, 0.25) is 0 Å². The molecule has 154 valence electrons. The first kappa shape index (κ1) is 19.5. The Balaban J connectivity index is 1.32. The second-order valence-electron chi connectivity index (χ2n) is 7.55. The van der Waals surface area contributed by atoms with Gasteiger partial charge in [-0.25, -0.2) is 0 Å². The summed E-state index contributed by atoms with van der Waals surface area (Å²) in [5, 5.41) is 18.4. The van der Waals surface area contributed by atoms with Crippen molar-refractivity contribution in [1.29, 1.82) is 0 Å². The molecule has 0 radical (unpaired) electrons. The van der Waals surface area contributed by atoms with Crippen LogP contribution in [0.25, 0.3) is 10.8 Å². The molecule has 0 atom stereocenters. The molecule has 3 aromatic heterocycles. The second kappa shape index (κ2) is 8.35. The summed E-state index contributed by atoms with van der Waals surface area (Å²) in [4.78, 5) is 2.40. The van der Waals surface area contributed by atoms with Gasteiger partial charge in [-0.05, 0) is 43.4 Å². The van der Waals surface area contributed by atoms with Crippen LogP contribution in [0.5, 0.6) is 0 Å². The van der Waals surface area contributed by atoms with E-state index in [1.807, 2.05) is 6.07 Å². The van der Waals surface area contributed by atoms with E-state index in [1.54, 1.807) is 23.1 Å². The predicted molar refractivity (Wildman–Crippen MR) is 119 cm³/mol. The molecule has 0 saturated heterocycles. The quantitative estimate of drug-likeness (QED) is 0.340. The highest BCUT2D eigenvalue weighted by Crippen LogP contribution is 2.40. The van der Waals surface area contributed by atoms with Crippen molar-refractivity contribution in [1.82, 2.24) is 25.0 Å². The number of hydrogen-bond donors (Lipinski definition) is 0. The molecule has 5 rings (SSSR count). The third kappa shape index (κ3) is 4.06. The molecule has 4 aromatic rings. The Kier molecular flexibility index (Phi) is 5.43. The maximum atomic E-state index is 5.94. The highest BCUT2D eigenvalue weighted by atomic mass is 32.2. The third-order valence-electron chi connectivity index (χ3n) is 5.22. The lowest BCUT2D eigenvalue weighted by Gasteiger charge is -2.09. The number of aromatic nitrogens is 5. The summed E-state index contributed by atoms with van der Waals surface area (Å²) < 4.78 is 8.18. The van der Waals surface area contributed by atoms with Gasteiger partial charge in [0, 0.05) is 10.8 Å². The maximum absolute atomic E-state index is 5.94. The lowest BCUT2D eigenvalue weighted by atomic mass is 10.2. The molecule has 6 nitrogen and oxygen atoms in total. The number of thiophene rings is 1. The van der Waals surface area contributed by atoms with Crippen LogP contribution in [0.4, 0.5) is 0 Å². The predicted octanol–water partition coefficient (Wildman–Crippen LogP) is 5.48. The van der Waals surface area contributed by atoms with Gasteiger partial charge in [0.05, 0.1) is 17.2 Å². The summed E-state index contributed by atoms with van der Waals surface area (Å²) in [6.07, 6.45) is 3.42. The van der Waals surface area contributed by atoms with Gasteiger partial charge >= 0.3 is 0 Å². The van der Waals surface area contributed by atoms with Crippen molar-refractivity contribution >= 4 is 23.1 Å². The van der Waals surface area contributed by atoms with Crippen LogP contribution in [0, 0.1) is 6.92 Å². The summed E-state index contributed by atoms with van der Waals surface area (Å²) in [6.45, 7) is 5.08. The molecule has 1 aliphatic carbocycles. The molecule has 0 spiro atoms. The van der Waals surface area contributed by atoms with Crippen molar-refractivity contribution in [2.75, 3.05) is 0 Å². The summed E-state index contributed by atoms with van der Waals surface area (Å²) in [6, 6.07) is 12.6. The largest absolute Gasteiger partial charge is 0.419 e. The van der Waals surface area contributed by atoms with Crippen molar-refractivity contribution in [3.8, 4) is 10.8 Å². The highest BCUT2D eigenvalue weighted by Gasteiger charge is 2.30. The fourth-order valence-corrected chi connectivity index (χ4v) is 5.30. The van der Waals surface area contributed by atoms with Gasteiger partial charge < -0.3 is 8.98 Å². The first-order valence-electron chi connectivity index (χ1n) is 10.2. The number of thioether (sulfide) groups is 1. The van der Waals surface area contributed by atoms with Crippen molar-refractivity contribution in [2.45, 2.75) is 56.5 Å². The van der Waals surface area contributed by atoms with Crippen molar-refractivity contribution in [3.63, 3.8) is 0 Å². The van der Waals surface area contributed by atoms with Crippen LogP contribution in [-0.4, -0.2) is 25.0 Å². The molecule has 0 amide bonds. The normalized spacial score (nSPS) is 13.8. The molecule has 1 aliphatic rings. The summed E-state index contributed by atoms with van der Waals surface area (Å²) in [7, 11) is 0. The molecule has 1 saturated carbocycles. The summed E-state index contributed by atoms with van der Waals surface area (Å²) >= 11 is 3.33. The Morgan fingerprint density at radius 1 is 1.13 bits per heavy atom. The van der Waals surface area contributed by atoms with Crippen LogP contribution in [0.3, 0.4) is 0 Å². The first-order valence-corrected chi connectivity index (χ1v) is 12.0. The first-order chi connectivity index (χ1) is 14.7. The van der Waals surface area contributed by atoms with Crippen LogP contribution in [0.15, 0.2) is 46.0 Å². The summed E-state index contributed by atoms with van der Waals surface area (Å²) in [5.74, 6) is 3.42. The van der Waals surface area contributed by atoms with E-state index in [1.165, 1.54) is 28.8 Å².